The molecule has 23 heavy (non-hydrogen) atoms. The molecule has 0 spiro atoms. The molecule has 1 aromatic rings. The maximum absolute atomic E-state index is 11.8. The van der Waals surface area contributed by atoms with Crippen molar-refractivity contribution < 1.29 is 9.53 Å². The Morgan fingerprint density at radius 1 is 1.17 bits per heavy atom. The normalized spacial score (nSPS) is 11.8. The van der Waals surface area contributed by atoms with Crippen LogP contribution in [-0.4, -0.2) is 25.1 Å². The van der Waals surface area contributed by atoms with E-state index < -0.39 is 0 Å². The Kier molecular flexibility index (Phi) is 9.92. The Morgan fingerprint density at radius 2 is 1.96 bits per heavy atom. The van der Waals surface area contributed by atoms with Crippen LogP contribution in [0.1, 0.15) is 59.3 Å². The highest BCUT2D eigenvalue weighted by atomic mass is 16.5. The Labute approximate surface area is 141 Å². The second-order valence-corrected chi connectivity index (χ2v) is 5.98. The molecule has 1 atom stereocenters. The largest absolute Gasteiger partial charge is 0.491 e. The summed E-state index contributed by atoms with van der Waals surface area (Å²) in [6.07, 6.45) is 7.20. The van der Waals surface area contributed by atoms with Crippen LogP contribution in [-0.2, 0) is 4.79 Å². The van der Waals surface area contributed by atoms with E-state index in [1.165, 1.54) is 25.7 Å². The summed E-state index contributed by atoms with van der Waals surface area (Å²) in [4.78, 5) is 11.8. The lowest BCUT2D eigenvalue weighted by Gasteiger charge is -2.14. The predicted octanol–water partition coefficient (Wildman–Crippen LogP) is 4.36. The maximum Gasteiger partial charge on any atom is 0.239 e. The van der Waals surface area contributed by atoms with Crippen LogP contribution in [0.3, 0.4) is 0 Å². The number of benzene rings is 1. The summed E-state index contributed by atoms with van der Waals surface area (Å²) >= 11 is 0. The number of carbonyl (C=O) groups excluding carboxylic acids is 1. The standard InChI is InChI=1S/C19H32N2O2/c1-4-6-7-8-9-13-20-19(22)15-21-17-11-10-12-18(14-17)23-16(3)5-2/h10-12,14,16,21H,4-9,13,15H2,1-3H3,(H,20,22). The van der Waals surface area contributed by atoms with Gasteiger partial charge >= 0.3 is 0 Å². The van der Waals surface area contributed by atoms with E-state index in [1.807, 2.05) is 31.2 Å². The number of carbonyl (C=O) groups is 1. The summed E-state index contributed by atoms with van der Waals surface area (Å²) < 4.78 is 5.78. The third-order valence-corrected chi connectivity index (χ3v) is 3.80. The molecule has 0 aliphatic heterocycles. The highest BCUT2D eigenvalue weighted by Crippen LogP contribution is 2.18. The van der Waals surface area contributed by atoms with Crippen LogP contribution in [0.25, 0.3) is 0 Å². The van der Waals surface area contributed by atoms with Gasteiger partial charge in [-0.25, -0.2) is 0 Å². The van der Waals surface area contributed by atoms with E-state index >= 15 is 0 Å². The van der Waals surface area contributed by atoms with Crippen molar-refractivity contribution in [1.82, 2.24) is 5.32 Å². The van der Waals surface area contributed by atoms with Gasteiger partial charge in [0.15, 0.2) is 0 Å². The van der Waals surface area contributed by atoms with E-state index in [0.29, 0.717) is 6.54 Å². The fraction of sp³-hybridized carbons (Fsp3) is 0.632. The SMILES string of the molecule is CCCCCCCNC(=O)CNc1cccc(OC(C)CC)c1. The van der Waals surface area contributed by atoms with Crippen LogP contribution < -0.4 is 15.4 Å². The Bertz CT molecular complexity index is 449. The molecule has 0 aliphatic carbocycles. The van der Waals surface area contributed by atoms with Crippen molar-refractivity contribution in [3.05, 3.63) is 24.3 Å². The van der Waals surface area contributed by atoms with Gasteiger partial charge in [-0.3, -0.25) is 4.79 Å². The van der Waals surface area contributed by atoms with Crippen LogP contribution in [0.2, 0.25) is 0 Å². The van der Waals surface area contributed by atoms with Gasteiger partial charge < -0.3 is 15.4 Å². The Hall–Kier alpha value is -1.71. The van der Waals surface area contributed by atoms with Crippen LogP contribution >= 0.6 is 0 Å². The fourth-order valence-corrected chi connectivity index (χ4v) is 2.20. The molecule has 0 bridgehead atoms. The molecular weight excluding hydrogens is 288 g/mol. The second kappa shape index (κ2) is 11.8. The van der Waals surface area contributed by atoms with Crippen LogP contribution in [0.4, 0.5) is 5.69 Å². The third kappa shape index (κ3) is 9.11. The van der Waals surface area contributed by atoms with E-state index in [1.54, 1.807) is 0 Å². The van der Waals surface area contributed by atoms with E-state index in [-0.39, 0.29) is 12.0 Å². The van der Waals surface area contributed by atoms with Gasteiger partial charge in [-0.1, -0.05) is 45.6 Å². The van der Waals surface area contributed by atoms with E-state index in [0.717, 1.165) is 30.8 Å². The molecule has 4 heteroatoms. The van der Waals surface area contributed by atoms with Gasteiger partial charge in [-0.05, 0) is 31.9 Å². The zero-order valence-corrected chi connectivity index (χ0v) is 14.9. The summed E-state index contributed by atoms with van der Waals surface area (Å²) in [6, 6.07) is 7.76. The summed E-state index contributed by atoms with van der Waals surface area (Å²) in [5.41, 5.74) is 0.906. The number of rotatable bonds is 12. The summed E-state index contributed by atoms with van der Waals surface area (Å²) in [7, 11) is 0. The summed E-state index contributed by atoms with van der Waals surface area (Å²) in [6.45, 7) is 7.41. The van der Waals surface area contributed by atoms with Crippen molar-refractivity contribution in [3.63, 3.8) is 0 Å². The topological polar surface area (TPSA) is 50.4 Å². The number of nitrogens with one attached hydrogen (secondary N) is 2. The average molecular weight is 320 g/mol. The Morgan fingerprint density at radius 3 is 2.70 bits per heavy atom. The van der Waals surface area contributed by atoms with Gasteiger partial charge in [0, 0.05) is 18.3 Å². The van der Waals surface area contributed by atoms with Crippen molar-refractivity contribution in [2.45, 2.75) is 65.4 Å². The first kappa shape index (κ1) is 19.3. The van der Waals surface area contributed by atoms with Crippen molar-refractivity contribution in [2.24, 2.45) is 0 Å². The van der Waals surface area contributed by atoms with Gasteiger partial charge in [-0.2, -0.15) is 0 Å². The summed E-state index contributed by atoms with van der Waals surface area (Å²) in [5, 5.41) is 6.10. The third-order valence-electron chi connectivity index (χ3n) is 3.80. The van der Waals surface area contributed by atoms with E-state index in [9.17, 15) is 4.79 Å². The minimum Gasteiger partial charge on any atom is -0.491 e. The molecule has 2 N–H and O–H groups in total. The smallest absolute Gasteiger partial charge is 0.239 e. The van der Waals surface area contributed by atoms with Crippen LogP contribution in [0.15, 0.2) is 24.3 Å². The molecule has 1 unspecified atom stereocenters. The molecular formula is C19H32N2O2. The lowest BCUT2D eigenvalue weighted by molar-refractivity contribution is -0.119. The molecule has 4 nitrogen and oxygen atoms in total. The maximum atomic E-state index is 11.8. The molecule has 0 saturated heterocycles. The first-order valence-corrected chi connectivity index (χ1v) is 8.93. The van der Waals surface area contributed by atoms with Gasteiger partial charge in [0.05, 0.1) is 12.6 Å². The zero-order valence-electron chi connectivity index (χ0n) is 14.9. The first-order chi connectivity index (χ1) is 11.2. The minimum absolute atomic E-state index is 0.0359. The first-order valence-electron chi connectivity index (χ1n) is 8.93. The minimum atomic E-state index is 0.0359. The molecule has 1 rings (SSSR count). The monoisotopic (exact) mass is 320 g/mol. The zero-order chi connectivity index (χ0) is 16.9. The highest BCUT2D eigenvalue weighted by Gasteiger charge is 2.04. The van der Waals surface area contributed by atoms with E-state index in [2.05, 4.69) is 24.5 Å². The molecule has 0 aromatic heterocycles. The molecule has 0 fully saturated rings. The van der Waals surface area contributed by atoms with Gasteiger partial charge in [0.25, 0.3) is 0 Å². The van der Waals surface area contributed by atoms with Crippen LogP contribution in [0.5, 0.6) is 5.75 Å². The van der Waals surface area contributed by atoms with Crippen LogP contribution in [0, 0.1) is 0 Å². The number of anilines is 1. The van der Waals surface area contributed by atoms with Gasteiger partial charge in [-0.15, -0.1) is 0 Å². The quantitative estimate of drug-likeness (QED) is 0.563. The molecule has 130 valence electrons. The second-order valence-electron chi connectivity index (χ2n) is 5.98. The number of ether oxygens (including phenoxy) is 1. The van der Waals surface area contributed by atoms with E-state index in [4.69, 9.17) is 4.74 Å². The molecule has 0 heterocycles. The number of unbranched alkanes of at least 4 members (excludes halogenated alkanes) is 4. The molecule has 1 amide bonds. The van der Waals surface area contributed by atoms with Crippen molar-refractivity contribution in [1.29, 1.82) is 0 Å². The van der Waals surface area contributed by atoms with Crippen molar-refractivity contribution in [2.75, 3.05) is 18.4 Å². The molecule has 0 saturated carbocycles. The summed E-state index contributed by atoms with van der Waals surface area (Å²) in [5.74, 6) is 0.870. The van der Waals surface area contributed by atoms with Crippen molar-refractivity contribution >= 4 is 11.6 Å². The predicted molar refractivity (Wildman–Crippen MR) is 97.1 cm³/mol. The lowest BCUT2D eigenvalue weighted by Crippen LogP contribution is -2.30. The lowest BCUT2D eigenvalue weighted by atomic mass is 10.1. The van der Waals surface area contributed by atoms with Gasteiger partial charge in [0.1, 0.15) is 5.75 Å². The van der Waals surface area contributed by atoms with Crippen molar-refractivity contribution in [3.8, 4) is 5.75 Å². The average Bonchev–Trinajstić information content (AvgIpc) is 2.56. The number of amides is 1. The fourth-order valence-electron chi connectivity index (χ4n) is 2.20. The number of hydrogen-bond acceptors (Lipinski definition) is 3. The molecule has 0 aliphatic rings. The Balaban J connectivity index is 2.23. The molecule has 0 radical (unpaired) electrons. The molecule has 1 aromatic carbocycles. The van der Waals surface area contributed by atoms with Gasteiger partial charge in [0.2, 0.25) is 5.91 Å². The highest BCUT2D eigenvalue weighted by molar-refractivity contribution is 5.80. The number of hydrogen-bond donors (Lipinski definition) is 2.